The van der Waals surface area contributed by atoms with Gasteiger partial charge < -0.3 is 0 Å². The Hall–Kier alpha value is -1.52. The van der Waals surface area contributed by atoms with Crippen molar-refractivity contribution in [3.05, 3.63) is 0 Å². The zero-order chi connectivity index (χ0) is 10.9. The van der Waals surface area contributed by atoms with E-state index in [0.717, 1.165) is 0 Å². The SMILES string of the molecule is CC(=O)C(C(C)=O)[C@H]1CC(=O)NC1=O. The normalized spacial score (nSPS) is 21.2. The first-order valence-electron chi connectivity index (χ1n) is 4.28. The van der Waals surface area contributed by atoms with E-state index >= 15 is 0 Å². The summed E-state index contributed by atoms with van der Waals surface area (Å²) in [7, 11) is 0. The van der Waals surface area contributed by atoms with Crippen molar-refractivity contribution in [1.82, 2.24) is 5.32 Å². The van der Waals surface area contributed by atoms with E-state index in [0.29, 0.717) is 0 Å². The van der Waals surface area contributed by atoms with Gasteiger partial charge in [0.05, 0.1) is 11.8 Å². The summed E-state index contributed by atoms with van der Waals surface area (Å²) in [5.41, 5.74) is 0. The minimum Gasteiger partial charge on any atom is -0.299 e. The molecule has 1 atom stereocenters. The molecule has 0 radical (unpaired) electrons. The summed E-state index contributed by atoms with van der Waals surface area (Å²) >= 11 is 0. The maximum atomic E-state index is 11.2. The zero-order valence-electron chi connectivity index (χ0n) is 7.99. The third kappa shape index (κ3) is 1.86. The van der Waals surface area contributed by atoms with E-state index in [2.05, 4.69) is 5.32 Å². The molecule has 0 aromatic heterocycles. The molecule has 0 unspecified atom stereocenters. The van der Waals surface area contributed by atoms with Crippen LogP contribution < -0.4 is 5.32 Å². The molecule has 0 aliphatic carbocycles. The third-order valence-electron chi connectivity index (χ3n) is 2.28. The minimum atomic E-state index is -0.971. The van der Waals surface area contributed by atoms with Gasteiger partial charge >= 0.3 is 0 Å². The van der Waals surface area contributed by atoms with Crippen LogP contribution in [0.3, 0.4) is 0 Å². The fourth-order valence-electron chi connectivity index (χ4n) is 1.70. The van der Waals surface area contributed by atoms with Gasteiger partial charge in [-0.3, -0.25) is 24.5 Å². The molecule has 1 aliphatic rings. The lowest BCUT2D eigenvalue weighted by atomic mass is 9.85. The first-order chi connectivity index (χ1) is 6.43. The van der Waals surface area contributed by atoms with Gasteiger partial charge in [-0.2, -0.15) is 0 Å². The lowest BCUT2D eigenvalue weighted by Crippen LogP contribution is -2.33. The summed E-state index contributed by atoms with van der Waals surface area (Å²) < 4.78 is 0. The molecular formula is C9H11NO4. The molecule has 1 fully saturated rings. The van der Waals surface area contributed by atoms with Gasteiger partial charge in [0.25, 0.3) is 0 Å². The van der Waals surface area contributed by atoms with Crippen molar-refractivity contribution < 1.29 is 19.2 Å². The highest BCUT2D eigenvalue weighted by molar-refractivity contribution is 6.10. The van der Waals surface area contributed by atoms with Gasteiger partial charge in [-0.05, 0) is 13.8 Å². The number of imide groups is 1. The number of hydrogen-bond acceptors (Lipinski definition) is 4. The van der Waals surface area contributed by atoms with Crippen molar-refractivity contribution in [1.29, 1.82) is 0 Å². The number of nitrogens with one attached hydrogen (secondary N) is 1. The second-order valence-electron chi connectivity index (χ2n) is 3.42. The summed E-state index contributed by atoms with van der Waals surface area (Å²) in [6, 6.07) is 0. The van der Waals surface area contributed by atoms with Crippen LogP contribution in [0, 0.1) is 11.8 Å². The molecule has 0 saturated carbocycles. The van der Waals surface area contributed by atoms with Gasteiger partial charge in [-0.15, -0.1) is 0 Å². The standard InChI is InChI=1S/C9H11NO4/c1-4(11)8(5(2)12)6-3-7(13)10-9(6)14/h6,8H,3H2,1-2H3,(H,10,13,14)/t6-/m1/s1. The zero-order valence-corrected chi connectivity index (χ0v) is 7.99. The molecular weight excluding hydrogens is 186 g/mol. The fraction of sp³-hybridized carbons (Fsp3) is 0.556. The summed E-state index contributed by atoms with van der Waals surface area (Å²) in [4.78, 5) is 44.3. The van der Waals surface area contributed by atoms with Crippen LogP contribution in [0.5, 0.6) is 0 Å². The Morgan fingerprint density at radius 2 is 1.79 bits per heavy atom. The molecule has 0 bridgehead atoms. The van der Waals surface area contributed by atoms with Gasteiger partial charge in [-0.1, -0.05) is 0 Å². The Labute approximate surface area is 80.8 Å². The Bertz CT molecular complexity index is 307. The van der Waals surface area contributed by atoms with E-state index in [4.69, 9.17) is 0 Å². The smallest absolute Gasteiger partial charge is 0.231 e. The molecule has 1 rings (SSSR count). The number of carbonyl (C=O) groups excluding carboxylic acids is 4. The molecule has 0 aromatic carbocycles. The molecule has 76 valence electrons. The first-order valence-corrected chi connectivity index (χ1v) is 4.28. The monoisotopic (exact) mass is 197 g/mol. The molecule has 1 N–H and O–H groups in total. The second-order valence-corrected chi connectivity index (χ2v) is 3.42. The van der Waals surface area contributed by atoms with Crippen LogP contribution in [0.2, 0.25) is 0 Å². The maximum Gasteiger partial charge on any atom is 0.231 e. The number of rotatable bonds is 3. The molecule has 5 heteroatoms. The molecule has 0 spiro atoms. The molecule has 1 saturated heterocycles. The highest BCUT2D eigenvalue weighted by Crippen LogP contribution is 2.22. The van der Waals surface area contributed by atoms with Crippen molar-refractivity contribution in [2.45, 2.75) is 20.3 Å². The van der Waals surface area contributed by atoms with Crippen molar-refractivity contribution in [2.75, 3.05) is 0 Å². The van der Waals surface area contributed by atoms with Crippen LogP contribution in [0.15, 0.2) is 0 Å². The van der Waals surface area contributed by atoms with E-state index in [1.807, 2.05) is 0 Å². The van der Waals surface area contributed by atoms with Crippen LogP contribution in [0.25, 0.3) is 0 Å². The molecule has 2 amide bonds. The number of ketones is 2. The van der Waals surface area contributed by atoms with Crippen molar-refractivity contribution >= 4 is 23.4 Å². The Kier molecular flexibility index (Phi) is 2.78. The Morgan fingerprint density at radius 3 is 2.07 bits per heavy atom. The summed E-state index contributed by atoms with van der Waals surface area (Å²) in [5, 5.41) is 2.07. The van der Waals surface area contributed by atoms with Gasteiger partial charge in [0.15, 0.2) is 0 Å². The fourth-order valence-corrected chi connectivity index (χ4v) is 1.70. The van der Waals surface area contributed by atoms with Crippen LogP contribution in [0.1, 0.15) is 20.3 Å². The number of carbonyl (C=O) groups is 4. The highest BCUT2D eigenvalue weighted by atomic mass is 16.2. The van der Waals surface area contributed by atoms with E-state index in [1.165, 1.54) is 13.8 Å². The largest absolute Gasteiger partial charge is 0.299 e. The molecule has 5 nitrogen and oxygen atoms in total. The van der Waals surface area contributed by atoms with Crippen molar-refractivity contribution in [3.8, 4) is 0 Å². The van der Waals surface area contributed by atoms with E-state index in [1.54, 1.807) is 0 Å². The predicted molar refractivity (Wildman–Crippen MR) is 46.1 cm³/mol. The van der Waals surface area contributed by atoms with Gasteiger partial charge in [0.1, 0.15) is 11.6 Å². The highest BCUT2D eigenvalue weighted by Gasteiger charge is 2.41. The van der Waals surface area contributed by atoms with E-state index < -0.39 is 23.7 Å². The Morgan fingerprint density at radius 1 is 1.29 bits per heavy atom. The van der Waals surface area contributed by atoms with Crippen molar-refractivity contribution in [2.24, 2.45) is 11.8 Å². The minimum absolute atomic E-state index is 0.0668. The molecule has 0 aromatic rings. The number of hydrogen-bond donors (Lipinski definition) is 1. The summed E-state index contributed by atoms with van der Waals surface area (Å²) in [5.74, 6) is -3.46. The third-order valence-corrected chi connectivity index (χ3v) is 2.28. The molecule has 1 heterocycles. The van der Waals surface area contributed by atoms with Crippen LogP contribution in [-0.4, -0.2) is 23.4 Å². The predicted octanol–water partition coefficient (Wildman–Crippen LogP) is -0.557. The summed E-state index contributed by atoms with van der Waals surface area (Å²) in [6.07, 6.45) is -0.0668. The Balaban J connectivity index is 2.90. The quantitative estimate of drug-likeness (QED) is 0.486. The second kappa shape index (κ2) is 3.69. The van der Waals surface area contributed by atoms with Gasteiger partial charge in [-0.25, -0.2) is 0 Å². The number of amides is 2. The van der Waals surface area contributed by atoms with E-state index in [-0.39, 0.29) is 18.0 Å². The molecule has 1 aliphatic heterocycles. The van der Waals surface area contributed by atoms with Crippen LogP contribution >= 0.6 is 0 Å². The van der Waals surface area contributed by atoms with Crippen molar-refractivity contribution in [3.63, 3.8) is 0 Å². The van der Waals surface area contributed by atoms with Gasteiger partial charge in [0, 0.05) is 6.42 Å². The average molecular weight is 197 g/mol. The van der Waals surface area contributed by atoms with E-state index in [9.17, 15) is 19.2 Å². The van der Waals surface area contributed by atoms with Gasteiger partial charge in [0.2, 0.25) is 11.8 Å². The lowest BCUT2D eigenvalue weighted by Gasteiger charge is -2.14. The van der Waals surface area contributed by atoms with Crippen LogP contribution in [0.4, 0.5) is 0 Å². The summed E-state index contributed by atoms with van der Waals surface area (Å²) in [6.45, 7) is 2.50. The maximum absolute atomic E-state index is 11.2. The van der Waals surface area contributed by atoms with Crippen LogP contribution in [-0.2, 0) is 19.2 Å². The molecule has 14 heavy (non-hydrogen) atoms. The topological polar surface area (TPSA) is 80.3 Å². The number of Topliss-reactive ketones (excluding diaryl/α,β-unsaturated/α-hetero) is 2. The lowest BCUT2D eigenvalue weighted by molar-refractivity contribution is -0.138. The first kappa shape index (κ1) is 10.6. The average Bonchev–Trinajstić information content (AvgIpc) is 2.29.